The van der Waals surface area contributed by atoms with Gasteiger partial charge in [0, 0.05) is 41.7 Å². The van der Waals surface area contributed by atoms with Gasteiger partial charge in [-0.15, -0.1) is 11.8 Å². The number of fused-ring (bicyclic) bond motifs is 1. The Morgan fingerprint density at radius 2 is 1.77 bits per heavy atom. The summed E-state index contributed by atoms with van der Waals surface area (Å²) in [6, 6.07) is 11.3. The third-order valence-corrected chi connectivity index (χ3v) is 8.48. The Morgan fingerprint density at radius 3 is 2.43 bits per heavy atom. The van der Waals surface area contributed by atoms with Gasteiger partial charge in [0.25, 0.3) is 5.91 Å². The Labute approximate surface area is 184 Å². The van der Waals surface area contributed by atoms with E-state index in [1.165, 1.54) is 28.2 Å². The topological polar surface area (TPSA) is 86.8 Å². The van der Waals surface area contributed by atoms with Crippen LogP contribution in [0.3, 0.4) is 0 Å². The van der Waals surface area contributed by atoms with Crippen molar-refractivity contribution in [2.24, 2.45) is 0 Å². The van der Waals surface area contributed by atoms with Crippen LogP contribution in [0, 0.1) is 0 Å². The Morgan fingerprint density at radius 1 is 1.10 bits per heavy atom. The Kier molecular flexibility index (Phi) is 5.80. The predicted octanol–water partition coefficient (Wildman–Crippen LogP) is 2.92. The standard InChI is InChI=1S/C20H20ClN3O4S2/c1-13-19(25)22-17-12-14(2-7-18(17)29-13)20(26)23-8-10-24(11-9-23)30(27,28)16-5-3-15(21)4-6-16/h2-7,12-13H,8-11H2,1H3,(H,22,25)/t13-/m1/s1. The first-order valence-corrected chi connectivity index (χ1v) is 12.1. The summed E-state index contributed by atoms with van der Waals surface area (Å²) >= 11 is 7.30. The molecule has 0 aromatic heterocycles. The number of sulfonamides is 1. The van der Waals surface area contributed by atoms with Crippen molar-refractivity contribution in [1.82, 2.24) is 9.21 Å². The van der Waals surface area contributed by atoms with Crippen molar-refractivity contribution in [2.75, 3.05) is 31.5 Å². The zero-order valence-corrected chi connectivity index (χ0v) is 18.6. The van der Waals surface area contributed by atoms with Gasteiger partial charge < -0.3 is 10.2 Å². The highest BCUT2D eigenvalue weighted by Crippen LogP contribution is 2.36. The van der Waals surface area contributed by atoms with E-state index in [9.17, 15) is 18.0 Å². The van der Waals surface area contributed by atoms with Crippen LogP contribution in [0.2, 0.25) is 5.02 Å². The minimum Gasteiger partial charge on any atom is -0.336 e. The van der Waals surface area contributed by atoms with Crippen LogP contribution < -0.4 is 5.32 Å². The molecule has 2 aliphatic heterocycles. The maximum absolute atomic E-state index is 12.9. The van der Waals surface area contributed by atoms with E-state index in [-0.39, 0.29) is 35.0 Å². The largest absolute Gasteiger partial charge is 0.336 e. The number of hydrogen-bond acceptors (Lipinski definition) is 5. The molecule has 4 rings (SSSR count). The molecule has 1 N–H and O–H groups in total. The quantitative estimate of drug-likeness (QED) is 0.753. The molecule has 30 heavy (non-hydrogen) atoms. The molecule has 0 bridgehead atoms. The SMILES string of the molecule is C[C@H]1Sc2ccc(C(=O)N3CCN(S(=O)(=O)c4ccc(Cl)cc4)CC3)cc2NC1=O. The minimum absolute atomic E-state index is 0.0851. The van der Waals surface area contributed by atoms with E-state index in [1.54, 1.807) is 29.2 Å². The molecule has 2 aromatic rings. The van der Waals surface area contributed by atoms with Crippen LogP contribution in [-0.2, 0) is 14.8 Å². The highest BCUT2D eigenvalue weighted by Gasteiger charge is 2.31. The summed E-state index contributed by atoms with van der Waals surface area (Å²) < 4.78 is 27.0. The zero-order chi connectivity index (χ0) is 21.5. The number of thioether (sulfide) groups is 1. The molecular formula is C20H20ClN3O4S2. The van der Waals surface area contributed by atoms with Crippen molar-refractivity contribution in [2.45, 2.75) is 22.0 Å². The van der Waals surface area contributed by atoms with Gasteiger partial charge in [0.15, 0.2) is 0 Å². The fourth-order valence-corrected chi connectivity index (χ4v) is 5.89. The molecule has 0 spiro atoms. The molecule has 0 saturated carbocycles. The van der Waals surface area contributed by atoms with Crippen LogP contribution in [0.5, 0.6) is 0 Å². The fourth-order valence-electron chi connectivity index (χ4n) is 3.41. The molecule has 158 valence electrons. The van der Waals surface area contributed by atoms with Crippen LogP contribution in [-0.4, -0.2) is 60.9 Å². The van der Waals surface area contributed by atoms with Crippen molar-refractivity contribution in [3.8, 4) is 0 Å². The number of halogens is 1. The normalized spacial score (nSPS) is 19.9. The average molecular weight is 466 g/mol. The van der Waals surface area contributed by atoms with Crippen molar-refractivity contribution >= 4 is 50.9 Å². The lowest BCUT2D eigenvalue weighted by Crippen LogP contribution is -2.50. The maximum atomic E-state index is 12.9. The summed E-state index contributed by atoms with van der Waals surface area (Å²) in [5.74, 6) is -0.266. The number of hydrogen-bond donors (Lipinski definition) is 1. The molecule has 1 saturated heterocycles. The van der Waals surface area contributed by atoms with Gasteiger partial charge >= 0.3 is 0 Å². The molecule has 2 aromatic carbocycles. The molecule has 0 aliphatic carbocycles. The predicted molar refractivity (Wildman–Crippen MR) is 117 cm³/mol. The van der Waals surface area contributed by atoms with E-state index in [1.807, 2.05) is 13.0 Å². The summed E-state index contributed by atoms with van der Waals surface area (Å²) in [6.07, 6.45) is 0. The van der Waals surface area contributed by atoms with E-state index < -0.39 is 10.0 Å². The second-order valence-corrected chi connectivity index (χ2v) is 10.9. The smallest absolute Gasteiger partial charge is 0.254 e. The van der Waals surface area contributed by atoms with Gasteiger partial charge in [-0.1, -0.05) is 11.6 Å². The Balaban J connectivity index is 1.44. The van der Waals surface area contributed by atoms with E-state index in [0.29, 0.717) is 29.4 Å². The lowest BCUT2D eigenvalue weighted by atomic mass is 10.1. The number of rotatable bonds is 3. The molecule has 2 aliphatic rings. The molecule has 0 radical (unpaired) electrons. The third kappa shape index (κ3) is 4.07. The summed E-state index contributed by atoms with van der Waals surface area (Å²) in [5.41, 5.74) is 1.11. The number of benzene rings is 2. The lowest BCUT2D eigenvalue weighted by Gasteiger charge is -2.34. The van der Waals surface area contributed by atoms with Crippen molar-refractivity contribution in [3.63, 3.8) is 0 Å². The van der Waals surface area contributed by atoms with Crippen LogP contribution in [0.25, 0.3) is 0 Å². The van der Waals surface area contributed by atoms with Crippen LogP contribution in [0.1, 0.15) is 17.3 Å². The molecule has 1 atom stereocenters. The second-order valence-electron chi connectivity index (χ2n) is 7.11. The number of nitrogens with zero attached hydrogens (tertiary/aromatic N) is 2. The maximum Gasteiger partial charge on any atom is 0.254 e. The molecule has 2 heterocycles. The molecule has 7 nitrogen and oxygen atoms in total. The Bertz CT molecular complexity index is 1100. The number of amides is 2. The molecule has 2 amide bonds. The van der Waals surface area contributed by atoms with Crippen molar-refractivity contribution < 1.29 is 18.0 Å². The van der Waals surface area contributed by atoms with Gasteiger partial charge in [0.05, 0.1) is 15.8 Å². The van der Waals surface area contributed by atoms with Gasteiger partial charge in [-0.05, 0) is 49.4 Å². The number of carbonyl (C=O) groups excluding carboxylic acids is 2. The zero-order valence-electron chi connectivity index (χ0n) is 16.2. The lowest BCUT2D eigenvalue weighted by molar-refractivity contribution is -0.115. The highest BCUT2D eigenvalue weighted by atomic mass is 35.5. The van der Waals surface area contributed by atoms with Crippen molar-refractivity contribution in [3.05, 3.63) is 53.1 Å². The first-order chi connectivity index (χ1) is 14.3. The monoisotopic (exact) mass is 465 g/mol. The molecule has 1 fully saturated rings. The van der Waals surface area contributed by atoms with E-state index in [0.717, 1.165) is 4.90 Å². The Hall–Kier alpha value is -2.07. The second kappa shape index (κ2) is 8.22. The van der Waals surface area contributed by atoms with Crippen LogP contribution in [0.15, 0.2) is 52.3 Å². The summed E-state index contributed by atoms with van der Waals surface area (Å²) in [6.45, 7) is 2.85. The number of carbonyl (C=O) groups is 2. The summed E-state index contributed by atoms with van der Waals surface area (Å²) in [4.78, 5) is 27.6. The summed E-state index contributed by atoms with van der Waals surface area (Å²) in [5, 5.41) is 3.13. The molecule has 10 heteroatoms. The molecule has 0 unspecified atom stereocenters. The van der Waals surface area contributed by atoms with Gasteiger partial charge in [-0.2, -0.15) is 4.31 Å². The van der Waals surface area contributed by atoms with E-state index in [2.05, 4.69) is 5.32 Å². The van der Waals surface area contributed by atoms with Gasteiger partial charge in [-0.25, -0.2) is 8.42 Å². The number of nitrogens with one attached hydrogen (secondary N) is 1. The van der Waals surface area contributed by atoms with Gasteiger partial charge in [0.1, 0.15) is 0 Å². The van der Waals surface area contributed by atoms with Gasteiger partial charge in [-0.3, -0.25) is 9.59 Å². The number of anilines is 1. The average Bonchev–Trinajstić information content (AvgIpc) is 2.74. The highest BCUT2D eigenvalue weighted by molar-refractivity contribution is 8.01. The van der Waals surface area contributed by atoms with Crippen LogP contribution in [0.4, 0.5) is 5.69 Å². The summed E-state index contributed by atoms with van der Waals surface area (Å²) in [7, 11) is -3.63. The van der Waals surface area contributed by atoms with E-state index >= 15 is 0 Å². The third-order valence-electron chi connectivity index (χ3n) is 5.13. The first kappa shape index (κ1) is 21.2. The number of piperazine rings is 1. The van der Waals surface area contributed by atoms with Crippen molar-refractivity contribution in [1.29, 1.82) is 0 Å². The fraction of sp³-hybridized carbons (Fsp3) is 0.300. The first-order valence-electron chi connectivity index (χ1n) is 9.42. The minimum atomic E-state index is -3.63. The molecular weight excluding hydrogens is 446 g/mol. The van der Waals surface area contributed by atoms with Crippen LogP contribution >= 0.6 is 23.4 Å². The van der Waals surface area contributed by atoms with Gasteiger partial charge in [0.2, 0.25) is 15.9 Å². The van der Waals surface area contributed by atoms with E-state index in [4.69, 9.17) is 11.6 Å².